The summed E-state index contributed by atoms with van der Waals surface area (Å²) in [5.41, 5.74) is 0. The molecular formula is C9H17NO4. The zero-order valence-corrected chi connectivity index (χ0v) is 8.91. The smallest absolute Gasteiger partial charge is 0.325 e. The van der Waals surface area contributed by atoms with Crippen molar-refractivity contribution >= 4 is 11.9 Å². The van der Waals surface area contributed by atoms with Crippen molar-refractivity contribution in [3.8, 4) is 0 Å². The molecule has 0 unspecified atom stereocenters. The van der Waals surface area contributed by atoms with E-state index < -0.39 is 5.97 Å². The number of esters is 1. The minimum Gasteiger partial charge on any atom is -0.468 e. The average Bonchev–Trinajstić information content (AvgIpc) is 2.21. The van der Waals surface area contributed by atoms with E-state index in [2.05, 4.69) is 4.74 Å². The highest BCUT2D eigenvalue weighted by Gasteiger charge is 2.15. The molecule has 1 amide bonds. The molecule has 0 radical (unpaired) electrons. The van der Waals surface area contributed by atoms with Crippen LogP contribution in [0.4, 0.5) is 0 Å². The highest BCUT2D eigenvalue weighted by Crippen LogP contribution is 1.92. The Morgan fingerprint density at radius 2 is 1.93 bits per heavy atom. The number of likely N-dealkylation sites (N-methyl/N-ethyl adjacent to an activating group) is 1. The molecular weight excluding hydrogens is 186 g/mol. The number of carbonyl (C=O) groups excluding carboxylic acids is 2. The average molecular weight is 203 g/mol. The number of hydrogen-bond acceptors (Lipinski definition) is 4. The monoisotopic (exact) mass is 203 g/mol. The Morgan fingerprint density at radius 1 is 1.29 bits per heavy atom. The molecule has 0 aliphatic rings. The molecule has 0 aromatic heterocycles. The van der Waals surface area contributed by atoms with Crippen LogP contribution in [0.2, 0.25) is 0 Å². The van der Waals surface area contributed by atoms with Crippen LogP contribution in [0.1, 0.15) is 13.8 Å². The van der Waals surface area contributed by atoms with Crippen LogP contribution in [0.15, 0.2) is 0 Å². The fraction of sp³-hybridized carbons (Fsp3) is 0.778. The van der Waals surface area contributed by atoms with Crippen LogP contribution < -0.4 is 0 Å². The lowest BCUT2D eigenvalue weighted by atomic mass is 10.4. The van der Waals surface area contributed by atoms with Gasteiger partial charge in [-0.05, 0) is 13.8 Å². The van der Waals surface area contributed by atoms with Gasteiger partial charge in [0.2, 0.25) is 5.91 Å². The van der Waals surface area contributed by atoms with E-state index in [9.17, 15) is 9.59 Å². The van der Waals surface area contributed by atoms with E-state index in [-0.39, 0.29) is 19.1 Å². The number of amides is 1. The summed E-state index contributed by atoms with van der Waals surface area (Å²) < 4.78 is 9.41. The Kier molecular flexibility index (Phi) is 6.74. The predicted molar refractivity (Wildman–Crippen MR) is 50.8 cm³/mol. The molecule has 82 valence electrons. The molecule has 14 heavy (non-hydrogen) atoms. The van der Waals surface area contributed by atoms with Gasteiger partial charge in [-0.15, -0.1) is 0 Å². The quantitative estimate of drug-likeness (QED) is 0.572. The Bertz CT molecular complexity index is 193. The zero-order chi connectivity index (χ0) is 11.0. The number of ether oxygens (including phenoxy) is 2. The van der Waals surface area contributed by atoms with Crippen LogP contribution in [0.25, 0.3) is 0 Å². The number of hydrogen-bond donors (Lipinski definition) is 0. The van der Waals surface area contributed by atoms with Gasteiger partial charge in [0.25, 0.3) is 0 Å². The molecule has 0 aromatic carbocycles. The molecule has 5 nitrogen and oxygen atoms in total. The lowest BCUT2D eigenvalue weighted by Gasteiger charge is -2.18. The molecule has 0 saturated carbocycles. The molecule has 0 aliphatic carbocycles. The van der Waals surface area contributed by atoms with E-state index in [0.717, 1.165) is 0 Å². The molecule has 0 heterocycles. The summed E-state index contributed by atoms with van der Waals surface area (Å²) in [7, 11) is 1.29. The number of nitrogens with zero attached hydrogens (tertiary/aromatic N) is 1. The standard InChI is InChI=1S/C9H17NO4/c1-4-10(6-9(12)13-3)8(11)7-14-5-2/h4-7H2,1-3H3. The van der Waals surface area contributed by atoms with Crippen molar-refractivity contribution in [2.24, 2.45) is 0 Å². The normalized spacial score (nSPS) is 9.64. The van der Waals surface area contributed by atoms with Crippen molar-refractivity contribution in [1.29, 1.82) is 0 Å². The maximum Gasteiger partial charge on any atom is 0.325 e. The van der Waals surface area contributed by atoms with Crippen LogP contribution in [0, 0.1) is 0 Å². The molecule has 0 atom stereocenters. The molecule has 0 N–H and O–H groups in total. The largest absolute Gasteiger partial charge is 0.468 e. The fourth-order valence-electron chi connectivity index (χ4n) is 0.877. The third-order valence-corrected chi connectivity index (χ3v) is 1.71. The first-order chi connectivity index (χ1) is 6.65. The minimum absolute atomic E-state index is 0.0150. The minimum atomic E-state index is -0.420. The van der Waals surface area contributed by atoms with E-state index in [1.165, 1.54) is 12.0 Å². The van der Waals surface area contributed by atoms with Crippen molar-refractivity contribution in [3.63, 3.8) is 0 Å². The first-order valence-electron chi connectivity index (χ1n) is 4.58. The number of carbonyl (C=O) groups is 2. The summed E-state index contributed by atoms with van der Waals surface area (Å²) in [4.78, 5) is 23.7. The van der Waals surface area contributed by atoms with Gasteiger partial charge in [0.15, 0.2) is 0 Å². The predicted octanol–water partition coefficient (Wildman–Crippen LogP) is 0.0444. The number of methoxy groups -OCH3 is 1. The molecule has 0 bridgehead atoms. The maximum atomic E-state index is 11.4. The Hall–Kier alpha value is -1.10. The third-order valence-electron chi connectivity index (χ3n) is 1.71. The van der Waals surface area contributed by atoms with Gasteiger partial charge in [-0.2, -0.15) is 0 Å². The van der Waals surface area contributed by atoms with Gasteiger partial charge in [-0.25, -0.2) is 0 Å². The molecule has 0 rings (SSSR count). The highest BCUT2D eigenvalue weighted by atomic mass is 16.5. The molecule has 0 aromatic rings. The maximum absolute atomic E-state index is 11.4. The lowest BCUT2D eigenvalue weighted by Crippen LogP contribution is -2.38. The molecule has 0 fully saturated rings. The fourth-order valence-corrected chi connectivity index (χ4v) is 0.877. The van der Waals surface area contributed by atoms with E-state index >= 15 is 0 Å². The van der Waals surface area contributed by atoms with E-state index in [4.69, 9.17) is 4.74 Å². The Balaban J connectivity index is 3.98. The van der Waals surface area contributed by atoms with Gasteiger partial charge in [-0.1, -0.05) is 0 Å². The van der Waals surface area contributed by atoms with Gasteiger partial charge in [0.05, 0.1) is 7.11 Å². The van der Waals surface area contributed by atoms with E-state index in [1.807, 2.05) is 6.92 Å². The van der Waals surface area contributed by atoms with Crippen LogP contribution in [-0.2, 0) is 19.1 Å². The first-order valence-corrected chi connectivity index (χ1v) is 4.58. The van der Waals surface area contributed by atoms with Crippen LogP contribution in [0.3, 0.4) is 0 Å². The Morgan fingerprint density at radius 3 is 2.36 bits per heavy atom. The van der Waals surface area contributed by atoms with E-state index in [0.29, 0.717) is 13.2 Å². The SMILES string of the molecule is CCOCC(=O)N(CC)CC(=O)OC. The summed E-state index contributed by atoms with van der Waals surface area (Å²) in [5.74, 6) is -0.614. The Labute approximate surface area is 84.0 Å². The topological polar surface area (TPSA) is 55.8 Å². The van der Waals surface area contributed by atoms with Gasteiger partial charge in [-0.3, -0.25) is 9.59 Å². The molecule has 5 heteroatoms. The second-order valence-corrected chi connectivity index (χ2v) is 2.62. The number of rotatable bonds is 6. The van der Waals surface area contributed by atoms with Crippen molar-refractivity contribution in [2.75, 3.05) is 33.4 Å². The molecule has 0 aliphatic heterocycles. The highest BCUT2D eigenvalue weighted by molar-refractivity contribution is 5.82. The van der Waals surface area contributed by atoms with Crippen molar-refractivity contribution in [1.82, 2.24) is 4.90 Å². The second kappa shape index (κ2) is 7.32. The van der Waals surface area contributed by atoms with Gasteiger partial charge < -0.3 is 14.4 Å². The second-order valence-electron chi connectivity index (χ2n) is 2.62. The van der Waals surface area contributed by atoms with Gasteiger partial charge in [0, 0.05) is 13.2 Å². The van der Waals surface area contributed by atoms with Gasteiger partial charge in [0.1, 0.15) is 13.2 Å². The third kappa shape index (κ3) is 4.81. The lowest BCUT2D eigenvalue weighted by molar-refractivity contribution is -0.148. The first kappa shape index (κ1) is 12.9. The summed E-state index contributed by atoms with van der Waals surface area (Å²) >= 11 is 0. The van der Waals surface area contributed by atoms with E-state index in [1.54, 1.807) is 6.92 Å². The molecule has 0 saturated heterocycles. The van der Waals surface area contributed by atoms with Crippen molar-refractivity contribution in [2.45, 2.75) is 13.8 Å². The van der Waals surface area contributed by atoms with Crippen LogP contribution in [0.5, 0.6) is 0 Å². The van der Waals surface area contributed by atoms with Crippen molar-refractivity contribution < 1.29 is 19.1 Å². The summed E-state index contributed by atoms with van der Waals surface area (Å²) in [6.07, 6.45) is 0. The van der Waals surface area contributed by atoms with Gasteiger partial charge >= 0.3 is 5.97 Å². The zero-order valence-electron chi connectivity index (χ0n) is 8.91. The molecule has 0 spiro atoms. The van der Waals surface area contributed by atoms with Crippen molar-refractivity contribution in [3.05, 3.63) is 0 Å². The van der Waals surface area contributed by atoms with Crippen LogP contribution in [-0.4, -0.2) is 50.2 Å². The van der Waals surface area contributed by atoms with Crippen LogP contribution >= 0.6 is 0 Å². The summed E-state index contributed by atoms with van der Waals surface area (Å²) in [5, 5.41) is 0. The summed E-state index contributed by atoms with van der Waals surface area (Å²) in [6.45, 7) is 4.57. The summed E-state index contributed by atoms with van der Waals surface area (Å²) in [6, 6.07) is 0.